The summed E-state index contributed by atoms with van der Waals surface area (Å²) >= 11 is 0. The third-order valence-corrected chi connectivity index (χ3v) is 5.52. The summed E-state index contributed by atoms with van der Waals surface area (Å²) in [5.74, 6) is 1.43. The highest BCUT2D eigenvalue weighted by Crippen LogP contribution is 2.24. The Balaban J connectivity index is 0.00000192. The van der Waals surface area contributed by atoms with Gasteiger partial charge in [0.05, 0.1) is 13.2 Å². The Morgan fingerprint density at radius 3 is 2.48 bits per heavy atom. The van der Waals surface area contributed by atoms with Crippen LogP contribution in [-0.2, 0) is 9.53 Å². The quantitative estimate of drug-likeness (QED) is 0.839. The van der Waals surface area contributed by atoms with E-state index in [0.717, 1.165) is 64.7 Å². The van der Waals surface area contributed by atoms with E-state index in [1.165, 1.54) is 19.4 Å². The van der Waals surface area contributed by atoms with Crippen molar-refractivity contribution < 1.29 is 9.53 Å². The number of morpholine rings is 1. The van der Waals surface area contributed by atoms with Crippen LogP contribution in [0.15, 0.2) is 0 Å². The lowest BCUT2D eigenvalue weighted by atomic mass is 9.90. The van der Waals surface area contributed by atoms with Gasteiger partial charge in [-0.25, -0.2) is 0 Å². The number of piperidine rings is 2. The fourth-order valence-corrected chi connectivity index (χ4v) is 4.10. The molecule has 3 aliphatic heterocycles. The standard InChI is InChI=1S/C17H31N3O2.ClH/c1-14-12-16(2-5-18-14)17(21)20-6-3-15(4-7-20)13-19-8-10-22-11-9-19;/h14-16,18H,2-13H2,1H3;1H/t14-,16-;/m0./s1. The topological polar surface area (TPSA) is 44.8 Å². The molecule has 0 unspecified atom stereocenters. The zero-order chi connectivity index (χ0) is 15.4. The van der Waals surface area contributed by atoms with E-state index in [-0.39, 0.29) is 18.3 Å². The summed E-state index contributed by atoms with van der Waals surface area (Å²) in [6.07, 6.45) is 4.36. The molecule has 0 aromatic rings. The van der Waals surface area contributed by atoms with Crippen molar-refractivity contribution in [1.29, 1.82) is 0 Å². The maximum absolute atomic E-state index is 12.7. The van der Waals surface area contributed by atoms with E-state index in [2.05, 4.69) is 22.0 Å². The average molecular weight is 346 g/mol. The maximum atomic E-state index is 12.7. The second-order valence-corrected chi connectivity index (χ2v) is 7.26. The van der Waals surface area contributed by atoms with Crippen LogP contribution in [0.2, 0.25) is 0 Å². The molecule has 0 bridgehead atoms. The zero-order valence-electron chi connectivity index (χ0n) is 14.3. The lowest BCUT2D eigenvalue weighted by molar-refractivity contribution is -0.138. The van der Waals surface area contributed by atoms with Gasteiger partial charge in [0.1, 0.15) is 0 Å². The van der Waals surface area contributed by atoms with E-state index < -0.39 is 0 Å². The highest BCUT2D eigenvalue weighted by Gasteiger charge is 2.31. The minimum absolute atomic E-state index is 0. The number of nitrogens with one attached hydrogen (secondary N) is 1. The first kappa shape index (κ1) is 19.0. The van der Waals surface area contributed by atoms with Crippen LogP contribution in [0.3, 0.4) is 0 Å². The van der Waals surface area contributed by atoms with Gasteiger partial charge in [0, 0.05) is 44.7 Å². The van der Waals surface area contributed by atoms with E-state index in [1.54, 1.807) is 0 Å². The van der Waals surface area contributed by atoms with E-state index in [1.807, 2.05) is 0 Å². The molecule has 1 amide bonds. The molecule has 5 nitrogen and oxygen atoms in total. The third-order valence-electron chi connectivity index (χ3n) is 5.52. The van der Waals surface area contributed by atoms with Crippen molar-refractivity contribution >= 4 is 18.3 Å². The van der Waals surface area contributed by atoms with Crippen LogP contribution in [0.5, 0.6) is 0 Å². The molecular formula is C17H32ClN3O2. The molecule has 1 N–H and O–H groups in total. The Morgan fingerprint density at radius 1 is 1.13 bits per heavy atom. The maximum Gasteiger partial charge on any atom is 0.225 e. The lowest BCUT2D eigenvalue weighted by Crippen LogP contribution is -2.48. The first-order valence-corrected chi connectivity index (χ1v) is 9.04. The number of hydrogen-bond acceptors (Lipinski definition) is 4. The second kappa shape index (κ2) is 9.21. The van der Waals surface area contributed by atoms with Gasteiger partial charge in [-0.3, -0.25) is 9.69 Å². The van der Waals surface area contributed by atoms with Crippen LogP contribution in [0.1, 0.15) is 32.6 Å². The van der Waals surface area contributed by atoms with Crippen LogP contribution in [0.25, 0.3) is 0 Å². The summed E-state index contributed by atoms with van der Waals surface area (Å²) in [4.78, 5) is 17.3. The summed E-state index contributed by atoms with van der Waals surface area (Å²) < 4.78 is 5.41. The molecular weight excluding hydrogens is 314 g/mol. The Labute approximate surface area is 146 Å². The summed E-state index contributed by atoms with van der Waals surface area (Å²) in [5.41, 5.74) is 0. The van der Waals surface area contributed by atoms with Crippen molar-refractivity contribution in [2.24, 2.45) is 11.8 Å². The van der Waals surface area contributed by atoms with Crippen molar-refractivity contribution in [2.45, 2.75) is 38.6 Å². The molecule has 3 heterocycles. The van der Waals surface area contributed by atoms with Gasteiger partial charge in [-0.05, 0) is 45.1 Å². The average Bonchev–Trinajstić information content (AvgIpc) is 2.56. The molecule has 2 atom stereocenters. The van der Waals surface area contributed by atoms with Crippen LogP contribution < -0.4 is 5.32 Å². The van der Waals surface area contributed by atoms with Gasteiger partial charge in [-0.1, -0.05) is 0 Å². The molecule has 0 aromatic carbocycles. The SMILES string of the molecule is C[C@H]1C[C@@H](C(=O)N2CCC(CN3CCOCC3)CC2)CCN1.Cl. The number of halogens is 1. The van der Waals surface area contributed by atoms with Crippen molar-refractivity contribution in [3.63, 3.8) is 0 Å². The number of ether oxygens (including phenoxy) is 1. The highest BCUT2D eigenvalue weighted by atomic mass is 35.5. The lowest BCUT2D eigenvalue weighted by Gasteiger charge is -2.38. The predicted octanol–water partition coefficient (Wildman–Crippen LogP) is 1.37. The van der Waals surface area contributed by atoms with E-state index in [4.69, 9.17) is 4.74 Å². The largest absolute Gasteiger partial charge is 0.379 e. The van der Waals surface area contributed by atoms with Crippen LogP contribution in [0, 0.1) is 11.8 Å². The van der Waals surface area contributed by atoms with E-state index >= 15 is 0 Å². The van der Waals surface area contributed by atoms with E-state index in [0.29, 0.717) is 11.9 Å². The first-order valence-electron chi connectivity index (χ1n) is 9.04. The minimum atomic E-state index is 0. The number of carbonyl (C=O) groups excluding carboxylic acids is 1. The molecule has 3 saturated heterocycles. The number of carbonyl (C=O) groups is 1. The summed E-state index contributed by atoms with van der Waals surface area (Å²) in [6, 6.07) is 0.488. The number of amides is 1. The molecule has 0 radical (unpaired) electrons. The van der Waals surface area contributed by atoms with Crippen molar-refractivity contribution in [3.05, 3.63) is 0 Å². The summed E-state index contributed by atoms with van der Waals surface area (Å²) in [6.45, 7) is 10.2. The van der Waals surface area contributed by atoms with Gasteiger partial charge >= 0.3 is 0 Å². The Bertz CT molecular complexity index is 369. The molecule has 0 aliphatic carbocycles. The Kier molecular flexibility index (Phi) is 7.60. The second-order valence-electron chi connectivity index (χ2n) is 7.26. The number of hydrogen-bond donors (Lipinski definition) is 1. The monoisotopic (exact) mass is 345 g/mol. The smallest absolute Gasteiger partial charge is 0.225 e. The summed E-state index contributed by atoms with van der Waals surface area (Å²) in [7, 11) is 0. The molecule has 0 spiro atoms. The van der Waals surface area contributed by atoms with Crippen LogP contribution >= 0.6 is 12.4 Å². The zero-order valence-corrected chi connectivity index (χ0v) is 15.2. The number of rotatable bonds is 3. The summed E-state index contributed by atoms with van der Waals surface area (Å²) in [5, 5.41) is 3.44. The molecule has 134 valence electrons. The Hall–Kier alpha value is -0.360. The third kappa shape index (κ3) is 5.31. The normalized spacial score (nSPS) is 30.7. The van der Waals surface area contributed by atoms with Crippen molar-refractivity contribution in [3.8, 4) is 0 Å². The van der Waals surface area contributed by atoms with Crippen LogP contribution in [0.4, 0.5) is 0 Å². The number of nitrogens with zero attached hydrogens (tertiary/aromatic N) is 2. The molecule has 3 rings (SSSR count). The van der Waals surface area contributed by atoms with Gasteiger partial charge in [0.2, 0.25) is 5.91 Å². The molecule has 23 heavy (non-hydrogen) atoms. The molecule has 0 aromatic heterocycles. The first-order chi connectivity index (χ1) is 10.7. The van der Waals surface area contributed by atoms with Gasteiger partial charge in [-0.15, -0.1) is 12.4 Å². The Morgan fingerprint density at radius 2 is 1.83 bits per heavy atom. The highest BCUT2D eigenvalue weighted by molar-refractivity contribution is 5.85. The minimum Gasteiger partial charge on any atom is -0.379 e. The fourth-order valence-electron chi connectivity index (χ4n) is 4.10. The predicted molar refractivity (Wildman–Crippen MR) is 94.0 cm³/mol. The van der Waals surface area contributed by atoms with Crippen molar-refractivity contribution in [2.75, 3.05) is 52.5 Å². The van der Waals surface area contributed by atoms with Crippen molar-refractivity contribution in [1.82, 2.24) is 15.1 Å². The van der Waals surface area contributed by atoms with Gasteiger partial charge < -0.3 is 15.0 Å². The molecule has 0 saturated carbocycles. The van der Waals surface area contributed by atoms with Gasteiger partial charge in [0.15, 0.2) is 0 Å². The van der Waals surface area contributed by atoms with E-state index in [9.17, 15) is 4.79 Å². The molecule has 3 fully saturated rings. The van der Waals surface area contributed by atoms with Gasteiger partial charge in [0.25, 0.3) is 0 Å². The van der Waals surface area contributed by atoms with Gasteiger partial charge in [-0.2, -0.15) is 0 Å². The molecule has 3 aliphatic rings. The fraction of sp³-hybridized carbons (Fsp3) is 0.941. The van der Waals surface area contributed by atoms with Crippen LogP contribution in [-0.4, -0.2) is 74.2 Å². The molecule has 6 heteroatoms. The number of likely N-dealkylation sites (tertiary alicyclic amines) is 1.